The Kier molecular flexibility index (Phi) is 15.3. The Morgan fingerprint density at radius 1 is 0.194 bits per heavy atom. The van der Waals surface area contributed by atoms with Crippen LogP contribution in [0.15, 0.2) is 370 Å². The van der Waals surface area contributed by atoms with Gasteiger partial charge in [-0.05, 0) is 138 Å². The topological polar surface area (TPSA) is 121 Å². The standard InChI is InChI=1S/C52H32N6.C45H29N5/c53-33-39-30-38(52-55-50(34-14-4-1-5-15-34)54-51(56-52)35-16-6-2-7-17-35)26-27-45(39)58-47-23-13-11-21-42(47)44-32-37(25-29-49(44)58)36-24-28-48-43(31-36)41-20-10-12-22-46(41)57(48)40-18-8-3-9-19-40;1-4-14-30(15-5-1)43-46-44(31-16-6-2-7-17-31)48-45(47-43)50-40-23-13-11-21-36(40)38-29-33(25-27-42(38)50)32-24-26-41-37(28-32)35-20-10-12-22-39(35)49(41)34-18-8-3-9-19-34/h1-32H;1-29H. The Bertz CT molecular complexity index is 6990. The van der Waals surface area contributed by atoms with Gasteiger partial charge in [0.25, 0.3) is 0 Å². The van der Waals surface area contributed by atoms with Gasteiger partial charge < -0.3 is 13.7 Å². The van der Waals surface area contributed by atoms with Crippen LogP contribution < -0.4 is 0 Å². The second kappa shape index (κ2) is 26.4. The largest absolute Gasteiger partial charge is 0.309 e. The zero-order valence-electron chi connectivity index (χ0n) is 58.1. The molecule has 0 radical (unpaired) electrons. The Labute approximate surface area is 620 Å². The second-order valence-corrected chi connectivity index (χ2v) is 26.9. The summed E-state index contributed by atoms with van der Waals surface area (Å²) in [4.78, 5) is 29.8. The van der Waals surface area contributed by atoms with Gasteiger partial charge in [-0.25, -0.2) is 19.9 Å². The molecule has 15 aromatic carbocycles. The van der Waals surface area contributed by atoms with Crippen LogP contribution in [0.4, 0.5) is 0 Å². The highest BCUT2D eigenvalue weighted by Crippen LogP contribution is 2.42. The summed E-state index contributed by atoms with van der Waals surface area (Å²) in [6, 6.07) is 131. The molecule has 0 aliphatic rings. The van der Waals surface area contributed by atoms with Crippen LogP contribution in [0.1, 0.15) is 5.56 Å². The van der Waals surface area contributed by atoms with Crippen LogP contribution in [0.25, 0.3) is 189 Å². The van der Waals surface area contributed by atoms with E-state index in [1.807, 2.05) is 140 Å². The Hall–Kier alpha value is -15.0. The number of hydrogen-bond donors (Lipinski definition) is 0. The minimum Gasteiger partial charge on any atom is -0.309 e. The molecule has 0 amide bonds. The van der Waals surface area contributed by atoms with Crippen molar-refractivity contribution in [3.8, 4) is 108 Å². The molecular formula is C97H61N11. The SMILES string of the molecule is N#Cc1cc(-c2nc(-c3ccccc3)nc(-c3ccccc3)n2)ccc1-n1c2ccccc2c2cc(-c3ccc4c(c3)c3ccccc3n4-c3ccccc3)ccc21.c1ccc(-c2nc(-c3ccccc3)nc(-n3c4ccccc4c4cc(-c5ccc6c(c5)c5ccccc5n6-c5ccccc5)ccc43)n2)cc1. The van der Waals surface area contributed by atoms with Crippen molar-refractivity contribution < 1.29 is 0 Å². The summed E-state index contributed by atoms with van der Waals surface area (Å²) < 4.78 is 9.07. The lowest BCUT2D eigenvalue weighted by molar-refractivity contribution is 0.953. The molecule has 0 spiro atoms. The molecule has 0 bridgehead atoms. The van der Waals surface area contributed by atoms with Gasteiger partial charge in [0.1, 0.15) is 6.07 Å². The number of aromatic nitrogens is 10. The van der Waals surface area contributed by atoms with Crippen molar-refractivity contribution in [2.24, 2.45) is 0 Å². The second-order valence-electron chi connectivity index (χ2n) is 26.9. The van der Waals surface area contributed by atoms with E-state index in [0.29, 0.717) is 40.6 Å². The molecule has 0 N–H and O–H groups in total. The van der Waals surface area contributed by atoms with Gasteiger partial charge in [0, 0.05) is 82.3 Å². The lowest BCUT2D eigenvalue weighted by Gasteiger charge is -2.13. The maximum atomic E-state index is 10.7. The van der Waals surface area contributed by atoms with Crippen molar-refractivity contribution in [2.75, 3.05) is 0 Å². The first kappa shape index (κ1) is 62.8. The first-order chi connectivity index (χ1) is 53.5. The molecule has 21 aromatic rings. The van der Waals surface area contributed by atoms with Gasteiger partial charge in [-0.2, -0.15) is 15.2 Å². The van der Waals surface area contributed by atoms with Crippen molar-refractivity contribution >= 4 is 87.2 Å². The monoisotopic (exact) mass is 1380 g/mol. The zero-order valence-corrected chi connectivity index (χ0v) is 58.1. The van der Waals surface area contributed by atoms with E-state index < -0.39 is 0 Å². The molecule has 0 unspecified atom stereocenters. The number of benzene rings is 15. The van der Waals surface area contributed by atoms with Crippen LogP contribution in [0.2, 0.25) is 0 Å². The van der Waals surface area contributed by atoms with Crippen LogP contribution in [0.3, 0.4) is 0 Å². The van der Waals surface area contributed by atoms with Crippen LogP contribution in [0.5, 0.6) is 0 Å². The Morgan fingerprint density at radius 2 is 0.454 bits per heavy atom. The number of rotatable bonds is 11. The van der Waals surface area contributed by atoms with E-state index in [9.17, 15) is 5.26 Å². The van der Waals surface area contributed by atoms with Gasteiger partial charge >= 0.3 is 0 Å². The van der Waals surface area contributed by atoms with Crippen LogP contribution in [0, 0.1) is 11.3 Å². The first-order valence-corrected chi connectivity index (χ1v) is 36.1. The fourth-order valence-electron chi connectivity index (χ4n) is 15.6. The first-order valence-electron chi connectivity index (χ1n) is 36.1. The molecule has 0 aliphatic heterocycles. The third kappa shape index (κ3) is 10.9. The van der Waals surface area contributed by atoms with Gasteiger partial charge in [0.15, 0.2) is 29.1 Å². The maximum Gasteiger partial charge on any atom is 0.238 e. The molecule has 21 rings (SSSR count). The van der Waals surface area contributed by atoms with Gasteiger partial charge in [-0.3, -0.25) is 4.57 Å². The van der Waals surface area contributed by atoms with Crippen molar-refractivity contribution in [3.63, 3.8) is 0 Å². The van der Waals surface area contributed by atoms with Gasteiger partial charge in [0.05, 0.1) is 55.4 Å². The highest BCUT2D eigenvalue weighted by molar-refractivity contribution is 6.15. The van der Waals surface area contributed by atoms with E-state index in [1.165, 1.54) is 49.2 Å². The van der Waals surface area contributed by atoms with Gasteiger partial charge in [0.2, 0.25) is 5.95 Å². The highest BCUT2D eigenvalue weighted by Gasteiger charge is 2.23. The summed E-state index contributed by atoms with van der Waals surface area (Å²) in [5, 5.41) is 20.1. The van der Waals surface area contributed by atoms with Crippen molar-refractivity contribution in [2.45, 2.75) is 0 Å². The van der Waals surface area contributed by atoms with Crippen LogP contribution in [-0.4, -0.2) is 48.2 Å². The predicted octanol–water partition coefficient (Wildman–Crippen LogP) is 23.7. The molecule has 6 heterocycles. The minimum absolute atomic E-state index is 0.506. The molecular weight excluding hydrogens is 1320 g/mol. The normalized spacial score (nSPS) is 11.5. The molecule has 11 heteroatoms. The molecule has 0 atom stereocenters. The number of hydrogen-bond acceptors (Lipinski definition) is 7. The zero-order chi connectivity index (χ0) is 71.6. The molecule has 0 fully saturated rings. The minimum atomic E-state index is 0.506. The average Bonchev–Trinajstić information content (AvgIpc) is 1.59. The van der Waals surface area contributed by atoms with E-state index in [4.69, 9.17) is 29.9 Å². The Morgan fingerprint density at radius 3 is 0.806 bits per heavy atom. The van der Waals surface area contributed by atoms with E-state index >= 15 is 0 Å². The summed E-state index contributed by atoms with van der Waals surface area (Å²) in [7, 11) is 0. The summed E-state index contributed by atoms with van der Waals surface area (Å²) in [6.45, 7) is 0. The van der Waals surface area contributed by atoms with Crippen LogP contribution >= 0.6 is 0 Å². The smallest absolute Gasteiger partial charge is 0.238 e. The summed E-state index contributed by atoms with van der Waals surface area (Å²) in [6.07, 6.45) is 0. The molecule has 0 saturated heterocycles. The van der Waals surface area contributed by atoms with Crippen molar-refractivity contribution in [1.82, 2.24) is 48.2 Å². The molecule has 0 saturated carbocycles. The lowest BCUT2D eigenvalue weighted by atomic mass is 10.0. The molecule has 0 aliphatic carbocycles. The molecule has 108 heavy (non-hydrogen) atoms. The molecule has 6 aromatic heterocycles. The Balaban J connectivity index is 0.000000144. The van der Waals surface area contributed by atoms with E-state index in [-0.39, 0.29) is 0 Å². The van der Waals surface area contributed by atoms with Gasteiger partial charge in [-0.15, -0.1) is 0 Å². The average molecular weight is 1380 g/mol. The lowest BCUT2D eigenvalue weighted by Crippen LogP contribution is -2.06. The quantitative estimate of drug-likeness (QED) is 0.126. The molecule has 504 valence electrons. The summed E-state index contributed by atoms with van der Waals surface area (Å²) >= 11 is 0. The predicted molar refractivity (Wildman–Crippen MR) is 440 cm³/mol. The van der Waals surface area contributed by atoms with E-state index in [2.05, 4.69) is 255 Å². The highest BCUT2D eigenvalue weighted by atomic mass is 15.2. The fraction of sp³-hybridized carbons (Fsp3) is 0. The number of para-hydroxylation sites is 6. The fourth-order valence-corrected chi connectivity index (χ4v) is 15.6. The van der Waals surface area contributed by atoms with Crippen molar-refractivity contribution in [3.05, 3.63) is 376 Å². The number of nitrogens with zero attached hydrogens (tertiary/aromatic N) is 11. The van der Waals surface area contributed by atoms with Crippen molar-refractivity contribution in [1.29, 1.82) is 5.26 Å². The summed E-state index contributed by atoms with van der Waals surface area (Å²) in [5.41, 5.74) is 21.5. The molecule has 11 nitrogen and oxygen atoms in total. The van der Waals surface area contributed by atoms with Gasteiger partial charge in [-0.1, -0.05) is 255 Å². The maximum absolute atomic E-state index is 10.7. The number of nitriles is 1. The van der Waals surface area contributed by atoms with E-state index in [1.54, 1.807) is 0 Å². The third-order valence-corrected chi connectivity index (χ3v) is 20.6. The third-order valence-electron chi connectivity index (χ3n) is 20.6. The van der Waals surface area contributed by atoms with E-state index in [0.717, 1.165) is 105 Å². The van der Waals surface area contributed by atoms with Crippen LogP contribution in [-0.2, 0) is 0 Å². The number of fused-ring (bicyclic) bond motifs is 12. The summed E-state index contributed by atoms with van der Waals surface area (Å²) in [5.74, 6) is 3.52.